The summed E-state index contributed by atoms with van der Waals surface area (Å²) in [4.78, 5) is 23.4. The molecule has 3 N–H and O–H groups in total. The van der Waals surface area contributed by atoms with Gasteiger partial charge in [0.05, 0.1) is 20.0 Å². The van der Waals surface area contributed by atoms with Gasteiger partial charge in [0.25, 0.3) is 0 Å². The number of aromatic nitrogens is 2. The number of ether oxygens (including phenoxy) is 2. The van der Waals surface area contributed by atoms with Crippen LogP contribution in [-0.2, 0) is 16.1 Å². The Kier molecular flexibility index (Phi) is 8.28. The predicted octanol–water partition coefficient (Wildman–Crippen LogP) is 3.67. The van der Waals surface area contributed by atoms with Gasteiger partial charge in [0.2, 0.25) is 16.9 Å². The number of benzene rings is 2. The van der Waals surface area contributed by atoms with Gasteiger partial charge in [-0.05, 0) is 35.9 Å². The molecule has 2 aromatic carbocycles. The molecule has 0 saturated carbocycles. The average Bonchev–Trinajstić information content (AvgIpc) is 3.23. The van der Waals surface area contributed by atoms with Crippen molar-refractivity contribution in [2.75, 3.05) is 30.6 Å². The van der Waals surface area contributed by atoms with Crippen molar-refractivity contribution in [3.8, 4) is 11.5 Å². The van der Waals surface area contributed by atoms with E-state index in [1.165, 1.54) is 30.0 Å². The first-order chi connectivity index (χ1) is 15.5. The normalized spacial score (nSPS) is 10.3. The molecule has 168 valence electrons. The van der Waals surface area contributed by atoms with E-state index in [4.69, 9.17) is 9.47 Å². The highest BCUT2D eigenvalue weighted by atomic mass is 32.2. The number of amides is 2. The first-order valence-corrected chi connectivity index (χ1v) is 11.4. The molecule has 9 nitrogen and oxygen atoms in total. The molecule has 11 heteroatoms. The van der Waals surface area contributed by atoms with Gasteiger partial charge in [0.1, 0.15) is 0 Å². The van der Waals surface area contributed by atoms with Crippen LogP contribution in [0.25, 0.3) is 0 Å². The molecule has 1 aromatic heterocycles. The summed E-state index contributed by atoms with van der Waals surface area (Å²) in [7, 11) is 3.15. The van der Waals surface area contributed by atoms with E-state index < -0.39 is 0 Å². The third kappa shape index (κ3) is 6.86. The zero-order chi connectivity index (χ0) is 22.9. The summed E-state index contributed by atoms with van der Waals surface area (Å²) in [6.45, 7) is 1.84. The number of carbonyl (C=O) groups excluding carboxylic acids is 2. The van der Waals surface area contributed by atoms with Gasteiger partial charge >= 0.3 is 0 Å². The summed E-state index contributed by atoms with van der Waals surface area (Å²) in [6, 6.07) is 12.8. The van der Waals surface area contributed by atoms with E-state index in [1.807, 2.05) is 24.3 Å². The number of thioether (sulfide) groups is 1. The maximum atomic E-state index is 12.2. The Morgan fingerprint density at radius 2 is 1.81 bits per heavy atom. The van der Waals surface area contributed by atoms with Crippen LogP contribution in [0.15, 0.2) is 46.8 Å². The molecule has 0 aliphatic rings. The van der Waals surface area contributed by atoms with Crippen molar-refractivity contribution >= 4 is 51.4 Å². The first-order valence-electron chi connectivity index (χ1n) is 9.55. The van der Waals surface area contributed by atoms with Gasteiger partial charge < -0.3 is 25.4 Å². The Hall–Kier alpha value is -3.31. The van der Waals surface area contributed by atoms with Gasteiger partial charge in [0.15, 0.2) is 15.8 Å². The third-order valence-corrected chi connectivity index (χ3v) is 6.08. The van der Waals surface area contributed by atoms with Gasteiger partial charge in [-0.2, -0.15) is 0 Å². The summed E-state index contributed by atoms with van der Waals surface area (Å²) in [5.41, 5.74) is 2.37. The second-order valence-electron chi connectivity index (χ2n) is 6.51. The fourth-order valence-electron chi connectivity index (χ4n) is 2.69. The number of nitrogens with one attached hydrogen (secondary N) is 3. The molecule has 0 unspecified atom stereocenters. The molecular formula is C21H23N5O4S2. The van der Waals surface area contributed by atoms with E-state index in [-0.39, 0.29) is 17.6 Å². The van der Waals surface area contributed by atoms with Gasteiger partial charge in [-0.15, -0.1) is 10.2 Å². The van der Waals surface area contributed by atoms with Crippen LogP contribution in [0.5, 0.6) is 11.5 Å². The fourth-order valence-corrected chi connectivity index (χ4v) is 4.29. The van der Waals surface area contributed by atoms with Crippen molar-refractivity contribution in [2.24, 2.45) is 0 Å². The number of hydrogen-bond donors (Lipinski definition) is 3. The average molecular weight is 474 g/mol. The van der Waals surface area contributed by atoms with Crippen molar-refractivity contribution in [1.82, 2.24) is 15.5 Å². The topological polar surface area (TPSA) is 114 Å². The lowest BCUT2D eigenvalue weighted by Crippen LogP contribution is -2.24. The van der Waals surface area contributed by atoms with Crippen LogP contribution in [0.3, 0.4) is 0 Å². The van der Waals surface area contributed by atoms with E-state index in [2.05, 4.69) is 26.1 Å². The number of hydrogen-bond acceptors (Lipinski definition) is 9. The molecule has 3 rings (SSSR count). The minimum atomic E-state index is -0.138. The Morgan fingerprint density at radius 1 is 1.03 bits per heavy atom. The molecule has 3 aromatic rings. The molecule has 0 spiro atoms. The molecule has 0 aliphatic heterocycles. The third-order valence-electron chi connectivity index (χ3n) is 4.11. The van der Waals surface area contributed by atoms with Crippen LogP contribution in [-0.4, -0.2) is 42.0 Å². The van der Waals surface area contributed by atoms with Crippen molar-refractivity contribution in [2.45, 2.75) is 17.8 Å². The molecule has 0 radical (unpaired) electrons. The summed E-state index contributed by atoms with van der Waals surface area (Å²) in [6.07, 6.45) is 0. The summed E-state index contributed by atoms with van der Waals surface area (Å²) < 4.78 is 11.2. The number of nitrogens with zero attached hydrogens (tertiary/aromatic N) is 2. The minimum absolute atomic E-state index is 0.113. The monoisotopic (exact) mass is 473 g/mol. The van der Waals surface area contributed by atoms with E-state index in [9.17, 15) is 9.59 Å². The predicted molar refractivity (Wildman–Crippen MR) is 126 cm³/mol. The molecule has 0 aliphatic carbocycles. The van der Waals surface area contributed by atoms with Crippen LogP contribution < -0.4 is 25.4 Å². The highest BCUT2D eigenvalue weighted by Gasteiger charge is 2.10. The SMILES string of the molecule is COc1ccc(CNC(=O)CSc2nnc(Nc3cccc(NC(C)=O)c3)s2)cc1OC. The highest BCUT2D eigenvalue weighted by molar-refractivity contribution is 8.01. The lowest BCUT2D eigenvalue weighted by molar-refractivity contribution is -0.118. The summed E-state index contributed by atoms with van der Waals surface area (Å²) in [5.74, 6) is 1.23. The van der Waals surface area contributed by atoms with Crippen LogP contribution >= 0.6 is 23.1 Å². The first kappa shape index (κ1) is 23.4. The standard InChI is InChI=1S/C21H23N5O4S2/c1-13(27)23-15-5-4-6-16(10-15)24-20-25-26-21(32-20)31-12-19(28)22-11-14-7-8-17(29-2)18(9-14)30-3/h4-10H,11-12H2,1-3H3,(H,22,28)(H,23,27)(H,24,25). The fraction of sp³-hybridized carbons (Fsp3) is 0.238. The molecule has 0 atom stereocenters. The highest BCUT2D eigenvalue weighted by Crippen LogP contribution is 2.29. The lowest BCUT2D eigenvalue weighted by atomic mass is 10.2. The quantitative estimate of drug-likeness (QED) is 0.382. The van der Waals surface area contributed by atoms with Crippen LogP contribution in [0, 0.1) is 0 Å². The van der Waals surface area contributed by atoms with Gasteiger partial charge in [-0.1, -0.05) is 35.2 Å². The summed E-state index contributed by atoms with van der Waals surface area (Å²) in [5, 5.41) is 17.6. The maximum absolute atomic E-state index is 12.2. The number of methoxy groups -OCH3 is 2. The number of rotatable bonds is 10. The van der Waals surface area contributed by atoms with Crippen molar-refractivity contribution in [3.05, 3.63) is 48.0 Å². The van der Waals surface area contributed by atoms with Gasteiger partial charge in [-0.3, -0.25) is 9.59 Å². The molecular weight excluding hydrogens is 450 g/mol. The van der Waals surface area contributed by atoms with E-state index in [0.29, 0.717) is 33.2 Å². The Labute approximate surface area is 193 Å². The van der Waals surface area contributed by atoms with E-state index >= 15 is 0 Å². The van der Waals surface area contributed by atoms with Crippen molar-refractivity contribution in [3.63, 3.8) is 0 Å². The molecule has 0 bridgehead atoms. The Bertz CT molecular complexity index is 1090. The Balaban J connectivity index is 1.48. The van der Waals surface area contributed by atoms with Crippen LogP contribution in [0.1, 0.15) is 12.5 Å². The van der Waals surface area contributed by atoms with Crippen molar-refractivity contribution in [1.29, 1.82) is 0 Å². The van der Waals surface area contributed by atoms with Crippen LogP contribution in [0.4, 0.5) is 16.5 Å². The molecule has 32 heavy (non-hydrogen) atoms. The lowest BCUT2D eigenvalue weighted by Gasteiger charge is -2.10. The van der Waals surface area contributed by atoms with Crippen LogP contribution in [0.2, 0.25) is 0 Å². The molecule has 1 heterocycles. The van der Waals surface area contributed by atoms with Gasteiger partial charge in [-0.25, -0.2) is 0 Å². The summed E-state index contributed by atoms with van der Waals surface area (Å²) >= 11 is 2.66. The van der Waals surface area contributed by atoms with E-state index in [0.717, 1.165) is 11.3 Å². The maximum Gasteiger partial charge on any atom is 0.230 e. The minimum Gasteiger partial charge on any atom is -0.493 e. The zero-order valence-corrected chi connectivity index (χ0v) is 19.4. The second kappa shape index (κ2) is 11.3. The van der Waals surface area contributed by atoms with Crippen molar-refractivity contribution < 1.29 is 19.1 Å². The molecule has 2 amide bonds. The van der Waals surface area contributed by atoms with Gasteiger partial charge in [0, 0.05) is 24.8 Å². The largest absolute Gasteiger partial charge is 0.493 e. The Morgan fingerprint density at radius 3 is 2.56 bits per heavy atom. The molecule has 0 saturated heterocycles. The smallest absolute Gasteiger partial charge is 0.230 e. The zero-order valence-electron chi connectivity index (χ0n) is 17.8. The number of anilines is 3. The van der Waals surface area contributed by atoms with E-state index in [1.54, 1.807) is 32.4 Å². The second-order valence-corrected chi connectivity index (χ2v) is 8.71. The molecule has 0 fully saturated rings. The number of carbonyl (C=O) groups is 2.